The van der Waals surface area contributed by atoms with Crippen LogP contribution in [0.15, 0.2) is 18.6 Å². The minimum absolute atomic E-state index is 0.0346. The number of hydrogen-bond donors (Lipinski definition) is 1. The molecule has 1 aliphatic rings. The lowest BCUT2D eigenvalue weighted by Gasteiger charge is -2.24. The molecule has 24 heavy (non-hydrogen) atoms. The van der Waals surface area contributed by atoms with Crippen molar-refractivity contribution in [2.45, 2.75) is 32.9 Å². The van der Waals surface area contributed by atoms with Crippen LogP contribution < -0.4 is 5.32 Å². The molecule has 0 aromatic carbocycles. The first-order valence-electron chi connectivity index (χ1n) is 7.99. The molecule has 2 aromatic rings. The molecule has 0 radical (unpaired) electrons. The van der Waals surface area contributed by atoms with Crippen molar-refractivity contribution >= 4 is 17.5 Å². The Morgan fingerprint density at radius 3 is 2.67 bits per heavy atom. The summed E-state index contributed by atoms with van der Waals surface area (Å²) in [4.78, 5) is 26.6. The lowest BCUT2D eigenvalue weighted by molar-refractivity contribution is -0.127. The van der Waals surface area contributed by atoms with Gasteiger partial charge in [-0.05, 0) is 13.8 Å². The van der Waals surface area contributed by atoms with Gasteiger partial charge in [0, 0.05) is 44.5 Å². The van der Waals surface area contributed by atoms with Crippen LogP contribution in [0.2, 0.25) is 0 Å². The van der Waals surface area contributed by atoms with E-state index < -0.39 is 5.92 Å². The van der Waals surface area contributed by atoms with Crippen LogP contribution in [0.1, 0.15) is 30.6 Å². The van der Waals surface area contributed by atoms with Crippen LogP contribution in [0, 0.1) is 12.8 Å². The summed E-state index contributed by atoms with van der Waals surface area (Å²) in [5.74, 6) is -0.653. The van der Waals surface area contributed by atoms with Crippen LogP contribution >= 0.6 is 0 Å². The molecule has 8 nitrogen and oxygen atoms in total. The first kappa shape index (κ1) is 16.2. The quantitative estimate of drug-likeness (QED) is 0.910. The maximum atomic E-state index is 12.8. The fourth-order valence-corrected chi connectivity index (χ4v) is 3.17. The van der Waals surface area contributed by atoms with Gasteiger partial charge >= 0.3 is 0 Å². The largest absolute Gasteiger partial charge is 0.338 e. The molecular formula is C16H22N6O2. The van der Waals surface area contributed by atoms with E-state index in [1.165, 1.54) is 0 Å². The smallest absolute Gasteiger partial charge is 0.230 e. The second kappa shape index (κ2) is 6.10. The number of nitrogens with one attached hydrogen (secondary N) is 1. The Morgan fingerprint density at radius 2 is 2.08 bits per heavy atom. The van der Waals surface area contributed by atoms with E-state index in [-0.39, 0.29) is 24.3 Å². The second-order valence-corrected chi connectivity index (χ2v) is 6.14. The minimum atomic E-state index is -0.449. The second-order valence-electron chi connectivity index (χ2n) is 6.14. The number of hydrogen-bond acceptors (Lipinski definition) is 4. The van der Waals surface area contributed by atoms with E-state index in [0.29, 0.717) is 5.69 Å². The molecular weight excluding hydrogens is 308 g/mol. The summed E-state index contributed by atoms with van der Waals surface area (Å²) in [6.07, 6.45) is 5.34. The molecule has 0 unspecified atom stereocenters. The highest BCUT2D eigenvalue weighted by atomic mass is 16.2. The fourth-order valence-electron chi connectivity index (χ4n) is 3.17. The number of likely N-dealkylation sites (tertiary alicyclic amines) is 1. The number of carbonyl (C=O) groups is 2. The van der Waals surface area contributed by atoms with Crippen molar-refractivity contribution in [2.75, 3.05) is 12.4 Å². The van der Waals surface area contributed by atoms with Crippen LogP contribution in [0.25, 0.3) is 0 Å². The lowest BCUT2D eigenvalue weighted by Crippen LogP contribution is -2.30. The number of aromatic nitrogens is 4. The normalized spacial score (nSPS) is 20.7. The summed E-state index contributed by atoms with van der Waals surface area (Å²) in [5.41, 5.74) is 2.51. The third-order valence-corrected chi connectivity index (χ3v) is 4.74. The molecule has 0 bridgehead atoms. The summed E-state index contributed by atoms with van der Waals surface area (Å²) in [7, 11) is 3.59. The molecule has 1 aliphatic heterocycles. The van der Waals surface area contributed by atoms with Gasteiger partial charge in [-0.2, -0.15) is 10.2 Å². The Bertz CT molecular complexity index is 777. The maximum Gasteiger partial charge on any atom is 0.230 e. The molecule has 3 rings (SSSR count). The molecule has 0 spiro atoms. The van der Waals surface area contributed by atoms with Crippen molar-refractivity contribution in [3.05, 3.63) is 29.8 Å². The number of aryl methyl sites for hydroxylation is 2. The van der Waals surface area contributed by atoms with Gasteiger partial charge in [0.05, 0.1) is 30.0 Å². The highest BCUT2D eigenvalue weighted by Gasteiger charge is 2.44. The van der Waals surface area contributed by atoms with Gasteiger partial charge in [0.1, 0.15) is 0 Å². The lowest BCUT2D eigenvalue weighted by atomic mass is 9.93. The molecule has 2 amide bonds. The molecule has 2 aromatic heterocycles. The van der Waals surface area contributed by atoms with Crippen molar-refractivity contribution < 1.29 is 9.59 Å². The van der Waals surface area contributed by atoms with Crippen molar-refractivity contribution in [2.24, 2.45) is 13.0 Å². The summed E-state index contributed by atoms with van der Waals surface area (Å²) in [5, 5.41) is 11.3. The predicted octanol–water partition coefficient (Wildman–Crippen LogP) is 1.10. The van der Waals surface area contributed by atoms with Crippen molar-refractivity contribution in [3.8, 4) is 0 Å². The van der Waals surface area contributed by atoms with E-state index in [2.05, 4.69) is 15.5 Å². The van der Waals surface area contributed by atoms with E-state index in [9.17, 15) is 9.59 Å². The predicted molar refractivity (Wildman–Crippen MR) is 88.1 cm³/mol. The SMILES string of the molecule is CCn1cc(NC(=O)[C@H]2CC(=O)N(C)[C@@H]2c2cnn(C)c2C)cn1. The van der Waals surface area contributed by atoms with Gasteiger partial charge in [0.15, 0.2) is 0 Å². The van der Waals surface area contributed by atoms with Crippen molar-refractivity contribution in [1.82, 2.24) is 24.5 Å². The summed E-state index contributed by atoms with van der Waals surface area (Å²) >= 11 is 0. The first-order valence-corrected chi connectivity index (χ1v) is 7.99. The van der Waals surface area contributed by atoms with Gasteiger partial charge in [0.2, 0.25) is 11.8 Å². The van der Waals surface area contributed by atoms with Gasteiger partial charge in [-0.3, -0.25) is 19.0 Å². The third-order valence-electron chi connectivity index (χ3n) is 4.74. The van der Waals surface area contributed by atoms with Crippen LogP contribution in [0.3, 0.4) is 0 Å². The Balaban J connectivity index is 1.85. The number of carbonyl (C=O) groups excluding carboxylic acids is 2. The Kier molecular flexibility index (Phi) is 4.13. The molecule has 3 heterocycles. The standard InChI is InChI=1S/C16H22N6O2/c1-5-22-9-11(7-18-22)19-16(24)12-6-14(23)20(3)15(12)13-8-17-21(4)10(13)2/h7-9,12,15H,5-6H2,1-4H3,(H,19,24)/t12-,15-/m0/s1. The number of nitrogens with zero attached hydrogens (tertiary/aromatic N) is 5. The van der Waals surface area contributed by atoms with Gasteiger partial charge in [-0.25, -0.2) is 0 Å². The molecule has 128 valence electrons. The van der Waals surface area contributed by atoms with Crippen LogP contribution in [0.5, 0.6) is 0 Å². The van der Waals surface area contributed by atoms with E-state index in [1.807, 2.05) is 20.9 Å². The van der Waals surface area contributed by atoms with Gasteiger partial charge in [-0.1, -0.05) is 0 Å². The molecule has 2 atom stereocenters. The zero-order chi connectivity index (χ0) is 17.4. The van der Waals surface area contributed by atoms with E-state index in [1.54, 1.807) is 39.9 Å². The van der Waals surface area contributed by atoms with E-state index in [4.69, 9.17) is 0 Å². The zero-order valence-electron chi connectivity index (χ0n) is 14.4. The average molecular weight is 330 g/mol. The molecule has 0 saturated carbocycles. The van der Waals surface area contributed by atoms with Crippen molar-refractivity contribution in [1.29, 1.82) is 0 Å². The zero-order valence-corrected chi connectivity index (χ0v) is 14.4. The first-order chi connectivity index (χ1) is 11.4. The monoisotopic (exact) mass is 330 g/mol. The third kappa shape index (κ3) is 2.68. The molecule has 1 fully saturated rings. The number of amides is 2. The van der Waals surface area contributed by atoms with Crippen molar-refractivity contribution in [3.63, 3.8) is 0 Å². The fraction of sp³-hybridized carbons (Fsp3) is 0.500. The van der Waals surface area contributed by atoms with E-state index >= 15 is 0 Å². The van der Waals surface area contributed by atoms with Gasteiger partial charge in [-0.15, -0.1) is 0 Å². The molecule has 0 aliphatic carbocycles. The molecule has 1 N–H and O–H groups in total. The Morgan fingerprint density at radius 1 is 1.33 bits per heavy atom. The van der Waals surface area contributed by atoms with Gasteiger partial charge < -0.3 is 10.2 Å². The van der Waals surface area contributed by atoms with E-state index in [0.717, 1.165) is 17.8 Å². The number of rotatable bonds is 4. The van der Waals surface area contributed by atoms with Gasteiger partial charge in [0.25, 0.3) is 0 Å². The summed E-state index contributed by atoms with van der Waals surface area (Å²) in [6, 6.07) is -0.299. The highest BCUT2D eigenvalue weighted by Crippen LogP contribution is 2.38. The Hall–Kier alpha value is -2.64. The highest BCUT2D eigenvalue weighted by molar-refractivity contribution is 5.97. The number of anilines is 1. The molecule has 1 saturated heterocycles. The topological polar surface area (TPSA) is 85.0 Å². The van der Waals surface area contributed by atoms with Crippen LogP contribution in [-0.4, -0.2) is 43.3 Å². The van der Waals surface area contributed by atoms with Crippen LogP contribution in [0.4, 0.5) is 5.69 Å². The Labute approximate surface area is 140 Å². The molecule has 8 heteroatoms. The maximum absolute atomic E-state index is 12.8. The summed E-state index contributed by atoms with van der Waals surface area (Å²) < 4.78 is 3.50. The summed E-state index contributed by atoms with van der Waals surface area (Å²) in [6.45, 7) is 4.65. The van der Waals surface area contributed by atoms with Crippen LogP contribution in [-0.2, 0) is 23.2 Å². The average Bonchev–Trinajstić information content (AvgIpc) is 3.22. The minimum Gasteiger partial charge on any atom is -0.338 e.